The van der Waals surface area contributed by atoms with Crippen molar-refractivity contribution in [1.29, 1.82) is 0 Å². The Bertz CT molecular complexity index is 1930. The molecule has 6 saturated carbocycles. The maximum Gasteiger partial charge on any atom is 0.0158 e. The first-order valence-corrected chi connectivity index (χ1v) is 20.8. The van der Waals surface area contributed by atoms with E-state index in [1.807, 2.05) is 0 Å². The van der Waals surface area contributed by atoms with Gasteiger partial charge in [0, 0.05) is 10.8 Å². The Morgan fingerprint density at radius 2 is 0.800 bits per heavy atom. The molecule has 0 bridgehead atoms. The van der Waals surface area contributed by atoms with Crippen LogP contribution in [0.1, 0.15) is 124 Å². The van der Waals surface area contributed by atoms with Crippen LogP contribution in [-0.2, 0) is 10.8 Å². The molecule has 0 amide bonds. The molecule has 0 aromatic heterocycles. The fourth-order valence-electron chi connectivity index (χ4n) is 16.0. The van der Waals surface area contributed by atoms with Gasteiger partial charge in [0.05, 0.1) is 0 Å². The van der Waals surface area contributed by atoms with Crippen LogP contribution >= 0.6 is 0 Å². The molecule has 0 nitrogen and oxygen atoms in total. The average molecular weight is 655 g/mol. The van der Waals surface area contributed by atoms with Gasteiger partial charge in [-0.3, -0.25) is 0 Å². The summed E-state index contributed by atoms with van der Waals surface area (Å²) in [6.07, 6.45) is 12.0. The van der Waals surface area contributed by atoms with Gasteiger partial charge in [0.1, 0.15) is 0 Å². The number of fused-ring (bicyclic) bond motifs is 6. The number of hydrogen-bond donors (Lipinski definition) is 0. The van der Waals surface area contributed by atoms with E-state index in [1.54, 1.807) is 22.3 Å². The lowest BCUT2D eigenvalue weighted by molar-refractivity contribution is -0.0350. The quantitative estimate of drug-likeness (QED) is 0.202. The van der Waals surface area contributed by atoms with Crippen molar-refractivity contribution in [3.05, 3.63) is 118 Å². The van der Waals surface area contributed by atoms with Crippen LogP contribution in [0.25, 0.3) is 22.3 Å². The van der Waals surface area contributed by atoms with Gasteiger partial charge in [-0.05, 0) is 178 Å². The van der Waals surface area contributed by atoms with Crippen molar-refractivity contribution in [1.82, 2.24) is 0 Å². The smallest absolute Gasteiger partial charge is 0.0158 e. The van der Waals surface area contributed by atoms with Gasteiger partial charge in [-0.15, -0.1) is 0 Å². The molecule has 6 fully saturated rings. The third kappa shape index (κ3) is 3.56. The number of benzene rings is 4. The summed E-state index contributed by atoms with van der Waals surface area (Å²) < 4.78 is 0. The lowest BCUT2D eigenvalue weighted by Crippen LogP contribution is -2.48. The zero-order valence-electron chi connectivity index (χ0n) is 30.7. The second-order valence-electron chi connectivity index (χ2n) is 19.9. The van der Waals surface area contributed by atoms with Crippen LogP contribution in [0.4, 0.5) is 0 Å². The largest absolute Gasteiger partial charge is 0.0619 e. The Kier molecular flexibility index (Phi) is 5.80. The Morgan fingerprint density at radius 3 is 1.28 bits per heavy atom. The fraction of sp³-hybridized carbons (Fsp3) is 0.520. The van der Waals surface area contributed by atoms with Gasteiger partial charge >= 0.3 is 0 Å². The van der Waals surface area contributed by atoms with Crippen LogP contribution < -0.4 is 0 Å². The fourth-order valence-corrected chi connectivity index (χ4v) is 16.0. The lowest BCUT2D eigenvalue weighted by atomic mass is 9.49. The molecular weight excluding hydrogens is 601 g/mol. The molecule has 10 atom stereocenters. The molecule has 10 unspecified atom stereocenters. The molecule has 12 rings (SSSR count). The molecular formula is C50H54. The van der Waals surface area contributed by atoms with Crippen molar-refractivity contribution in [2.45, 2.75) is 102 Å². The SMILES string of the molecule is CC1(C)c2ccccc2-c2ccc(C3CC4CCC5CCC6CC(c7ccc8c(c7)C(C)(C)c7ccccc7-8)C7CCC3C3C4C5C6C73)cc21. The van der Waals surface area contributed by atoms with Gasteiger partial charge in [0.15, 0.2) is 0 Å². The molecule has 50 heavy (non-hydrogen) atoms. The van der Waals surface area contributed by atoms with E-state index in [0.717, 1.165) is 71.0 Å². The topological polar surface area (TPSA) is 0 Å². The lowest BCUT2D eigenvalue weighted by Gasteiger charge is -2.55. The predicted molar refractivity (Wildman–Crippen MR) is 205 cm³/mol. The summed E-state index contributed by atoms with van der Waals surface area (Å²) in [5.41, 5.74) is 15.8. The van der Waals surface area contributed by atoms with Gasteiger partial charge in [-0.1, -0.05) is 113 Å². The molecule has 0 heterocycles. The Labute approximate surface area is 300 Å². The van der Waals surface area contributed by atoms with Crippen LogP contribution in [0.5, 0.6) is 0 Å². The highest BCUT2D eigenvalue weighted by Crippen LogP contribution is 2.75. The molecule has 4 aromatic carbocycles. The van der Waals surface area contributed by atoms with Crippen LogP contribution in [0.2, 0.25) is 0 Å². The Morgan fingerprint density at radius 1 is 0.400 bits per heavy atom. The highest BCUT2D eigenvalue weighted by atomic mass is 14.7. The predicted octanol–water partition coefficient (Wildman–Crippen LogP) is 12.5. The number of rotatable bonds is 2. The zero-order chi connectivity index (χ0) is 33.3. The van der Waals surface area contributed by atoms with E-state index in [1.165, 1.54) is 84.7 Å². The molecule has 0 heteroatoms. The van der Waals surface area contributed by atoms with E-state index in [4.69, 9.17) is 0 Å². The van der Waals surface area contributed by atoms with E-state index < -0.39 is 0 Å². The van der Waals surface area contributed by atoms with Gasteiger partial charge in [-0.25, -0.2) is 0 Å². The molecule has 4 aromatic rings. The van der Waals surface area contributed by atoms with Gasteiger partial charge < -0.3 is 0 Å². The van der Waals surface area contributed by atoms with E-state index >= 15 is 0 Å². The summed E-state index contributed by atoms with van der Waals surface area (Å²) in [7, 11) is 0. The molecule has 0 saturated heterocycles. The first-order valence-electron chi connectivity index (χ1n) is 20.8. The third-order valence-electron chi connectivity index (χ3n) is 17.7. The molecule has 254 valence electrons. The summed E-state index contributed by atoms with van der Waals surface area (Å²) in [6, 6.07) is 34.2. The van der Waals surface area contributed by atoms with Crippen molar-refractivity contribution < 1.29 is 0 Å². The van der Waals surface area contributed by atoms with Gasteiger partial charge in [-0.2, -0.15) is 0 Å². The van der Waals surface area contributed by atoms with E-state index in [9.17, 15) is 0 Å². The van der Waals surface area contributed by atoms with E-state index in [-0.39, 0.29) is 10.8 Å². The van der Waals surface area contributed by atoms with E-state index in [0.29, 0.717) is 0 Å². The molecule has 0 N–H and O–H groups in total. The summed E-state index contributed by atoms with van der Waals surface area (Å²) in [5, 5.41) is 0. The van der Waals surface area contributed by atoms with Crippen molar-refractivity contribution in [3.8, 4) is 22.3 Å². The van der Waals surface area contributed by atoms with Crippen LogP contribution in [0.3, 0.4) is 0 Å². The normalized spacial score (nSPS) is 39.7. The van der Waals surface area contributed by atoms with E-state index in [2.05, 4.69) is 113 Å². The third-order valence-corrected chi connectivity index (χ3v) is 17.7. The van der Waals surface area contributed by atoms with Gasteiger partial charge in [0.25, 0.3) is 0 Å². The molecule has 0 spiro atoms. The maximum absolute atomic E-state index is 2.73. The first kappa shape index (κ1) is 29.5. The van der Waals surface area contributed by atoms with Crippen LogP contribution in [0, 0.1) is 59.2 Å². The highest BCUT2D eigenvalue weighted by Gasteiger charge is 2.68. The van der Waals surface area contributed by atoms with Crippen molar-refractivity contribution in [2.24, 2.45) is 59.2 Å². The minimum Gasteiger partial charge on any atom is -0.0619 e. The van der Waals surface area contributed by atoms with Crippen LogP contribution in [-0.4, -0.2) is 0 Å². The van der Waals surface area contributed by atoms with Crippen LogP contribution in [0.15, 0.2) is 84.9 Å². The second kappa shape index (κ2) is 9.85. The first-order chi connectivity index (χ1) is 24.3. The van der Waals surface area contributed by atoms with Gasteiger partial charge in [0.2, 0.25) is 0 Å². The Hall–Kier alpha value is -3.12. The molecule has 8 aliphatic carbocycles. The second-order valence-corrected chi connectivity index (χ2v) is 19.9. The van der Waals surface area contributed by atoms with Crippen molar-refractivity contribution >= 4 is 0 Å². The monoisotopic (exact) mass is 654 g/mol. The highest BCUT2D eigenvalue weighted by molar-refractivity contribution is 5.82. The summed E-state index contributed by atoms with van der Waals surface area (Å²) in [5.74, 6) is 11.3. The molecule has 0 aliphatic heterocycles. The Balaban J connectivity index is 0.943. The standard InChI is InChI=1S/C50H54/c1-49(2)40-11-7-5-9-32(40)34-19-17-28(25-42(34)49)38-23-30-15-13-27-14-16-31-24-39(37-22-21-36(38)47-45(30)44(27)46(31)48(37)47)29-18-20-35-33-10-6-8-12-41(33)50(3,4)43(35)26-29/h5-12,17-20,25-27,30-31,36-39,44-48H,13-16,21-24H2,1-4H3. The summed E-state index contributed by atoms with van der Waals surface area (Å²) in [6.45, 7) is 9.92. The zero-order valence-corrected chi connectivity index (χ0v) is 30.7. The maximum atomic E-state index is 2.73. The molecule has 0 radical (unpaired) electrons. The summed E-state index contributed by atoms with van der Waals surface area (Å²) in [4.78, 5) is 0. The van der Waals surface area contributed by atoms with Crippen molar-refractivity contribution in [3.63, 3.8) is 0 Å². The minimum atomic E-state index is 0.0900. The molecule has 8 aliphatic rings. The average Bonchev–Trinajstić information content (AvgIpc) is 3.71. The van der Waals surface area contributed by atoms with Crippen molar-refractivity contribution in [2.75, 3.05) is 0 Å². The minimum absolute atomic E-state index is 0.0900. The number of hydrogen-bond acceptors (Lipinski definition) is 0. The summed E-state index contributed by atoms with van der Waals surface area (Å²) >= 11 is 0.